The maximum atomic E-state index is 13.3. The van der Waals surface area contributed by atoms with E-state index in [9.17, 15) is 14.0 Å². The fraction of sp³-hybridized carbons (Fsp3) is 0.125. The second-order valence-electron chi connectivity index (χ2n) is 6.62. The van der Waals surface area contributed by atoms with Gasteiger partial charge in [0, 0.05) is 16.7 Å². The SMILES string of the molecule is COc1ccc(C(=O)NCC(=O)N/N=C(/c2ccccc2)c2ccc(F)cc2)cc1OC. The molecule has 3 aromatic carbocycles. The quantitative estimate of drug-likeness (QED) is 0.420. The first-order valence-electron chi connectivity index (χ1n) is 9.70. The van der Waals surface area contributed by atoms with Gasteiger partial charge < -0.3 is 14.8 Å². The Morgan fingerprint density at radius 1 is 0.844 bits per heavy atom. The van der Waals surface area contributed by atoms with Crippen LogP contribution < -0.4 is 20.2 Å². The Hall–Kier alpha value is -4.20. The zero-order chi connectivity index (χ0) is 22.9. The van der Waals surface area contributed by atoms with Crippen LogP contribution in [0.25, 0.3) is 0 Å². The van der Waals surface area contributed by atoms with E-state index in [0.29, 0.717) is 28.3 Å². The van der Waals surface area contributed by atoms with Crippen LogP contribution in [0.5, 0.6) is 11.5 Å². The lowest BCUT2D eigenvalue weighted by molar-refractivity contribution is -0.120. The Bertz CT molecular complexity index is 1120. The highest BCUT2D eigenvalue weighted by Crippen LogP contribution is 2.27. The lowest BCUT2D eigenvalue weighted by Gasteiger charge is -2.10. The molecule has 164 valence electrons. The standard InChI is InChI=1S/C24H22FN3O4/c1-31-20-13-10-18(14-21(20)32-2)24(30)26-15-22(29)27-28-23(16-6-4-3-5-7-16)17-8-11-19(25)12-9-17/h3-14H,15H2,1-2H3,(H,26,30)(H,27,29)/b28-23-. The minimum atomic E-state index is -0.519. The Morgan fingerprint density at radius 2 is 1.47 bits per heavy atom. The van der Waals surface area contributed by atoms with Gasteiger partial charge in [-0.1, -0.05) is 30.3 Å². The largest absolute Gasteiger partial charge is 0.493 e. The summed E-state index contributed by atoms with van der Waals surface area (Å²) in [5.74, 6) is -0.448. The second kappa shape index (κ2) is 10.7. The summed E-state index contributed by atoms with van der Waals surface area (Å²) in [5, 5.41) is 6.73. The van der Waals surface area contributed by atoms with Crippen LogP contribution in [-0.4, -0.2) is 38.3 Å². The van der Waals surface area contributed by atoms with Crippen molar-refractivity contribution in [2.45, 2.75) is 0 Å². The van der Waals surface area contributed by atoms with Gasteiger partial charge in [-0.15, -0.1) is 0 Å². The first-order chi connectivity index (χ1) is 15.5. The highest BCUT2D eigenvalue weighted by atomic mass is 19.1. The molecule has 0 aliphatic heterocycles. The number of ether oxygens (including phenoxy) is 2. The van der Waals surface area contributed by atoms with E-state index in [1.165, 1.54) is 32.4 Å². The predicted octanol–water partition coefficient (Wildman–Crippen LogP) is 3.14. The fourth-order valence-corrected chi connectivity index (χ4v) is 2.90. The summed E-state index contributed by atoms with van der Waals surface area (Å²) in [7, 11) is 2.97. The normalized spacial score (nSPS) is 10.9. The van der Waals surface area contributed by atoms with E-state index in [-0.39, 0.29) is 12.4 Å². The van der Waals surface area contributed by atoms with E-state index in [2.05, 4.69) is 15.8 Å². The third-order valence-corrected chi connectivity index (χ3v) is 4.51. The number of hydrazone groups is 1. The zero-order valence-electron chi connectivity index (χ0n) is 17.6. The lowest BCUT2D eigenvalue weighted by atomic mass is 10.0. The molecule has 0 saturated heterocycles. The molecule has 2 N–H and O–H groups in total. The summed E-state index contributed by atoms with van der Waals surface area (Å²) in [6.45, 7) is -0.290. The van der Waals surface area contributed by atoms with Crippen molar-refractivity contribution in [3.05, 3.63) is 95.3 Å². The lowest BCUT2D eigenvalue weighted by Crippen LogP contribution is -2.35. The zero-order valence-corrected chi connectivity index (χ0v) is 17.6. The van der Waals surface area contributed by atoms with Crippen molar-refractivity contribution in [2.24, 2.45) is 5.10 Å². The number of methoxy groups -OCH3 is 2. The monoisotopic (exact) mass is 435 g/mol. The number of amides is 2. The smallest absolute Gasteiger partial charge is 0.259 e. The third-order valence-electron chi connectivity index (χ3n) is 4.51. The minimum Gasteiger partial charge on any atom is -0.493 e. The first kappa shape index (κ1) is 22.5. The number of nitrogens with zero attached hydrogens (tertiary/aromatic N) is 1. The van der Waals surface area contributed by atoms with Crippen LogP contribution in [0.3, 0.4) is 0 Å². The van der Waals surface area contributed by atoms with Crippen molar-refractivity contribution in [3.63, 3.8) is 0 Å². The van der Waals surface area contributed by atoms with Crippen molar-refractivity contribution >= 4 is 17.5 Å². The van der Waals surface area contributed by atoms with Crippen LogP contribution in [0, 0.1) is 5.82 Å². The fourth-order valence-electron chi connectivity index (χ4n) is 2.90. The molecule has 7 nitrogen and oxygen atoms in total. The third kappa shape index (κ3) is 5.69. The summed E-state index contributed by atoms with van der Waals surface area (Å²) in [4.78, 5) is 24.7. The number of hydrogen-bond donors (Lipinski definition) is 2. The van der Waals surface area contributed by atoms with E-state index >= 15 is 0 Å². The highest BCUT2D eigenvalue weighted by molar-refractivity contribution is 6.13. The Balaban J connectivity index is 1.68. The van der Waals surface area contributed by atoms with Crippen LogP contribution in [0.15, 0.2) is 77.9 Å². The number of hydrogen-bond acceptors (Lipinski definition) is 5. The summed E-state index contributed by atoms with van der Waals surface area (Å²) in [6, 6.07) is 19.7. The molecule has 0 aliphatic carbocycles. The van der Waals surface area contributed by atoms with E-state index in [0.717, 1.165) is 5.56 Å². The Kier molecular flexibility index (Phi) is 7.53. The highest BCUT2D eigenvalue weighted by Gasteiger charge is 2.13. The molecule has 32 heavy (non-hydrogen) atoms. The van der Waals surface area contributed by atoms with Crippen LogP contribution in [0.4, 0.5) is 4.39 Å². The molecular weight excluding hydrogens is 413 g/mol. The van der Waals surface area contributed by atoms with Gasteiger partial charge in [0.2, 0.25) is 0 Å². The topological polar surface area (TPSA) is 89.0 Å². The van der Waals surface area contributed by atoms with E-state index < -0.39 is 11.8 Å². The molecule has 0 radical (unpaired) electrons. The van der Waals surface area contributed by atoms with Crippen molar-refractivity contribution < 1.29 is 23.5 Å². The van der Waals surface area contributed by atoms with Gasteiger partial charge in [-0.25, -0.2) is 9.82 Å². The second-order valence-corrected chi connectivity index (χ2v) is 6.62. The number of halogens is 1. The van der Waals surface area contributed by atoms with Gasteiger partial charge in [-0.05, 0) is 42.5 Å². The van der Waals surface area contributed by atoms with E-state index in [1.807, 2.05) is 30.3 Å². The van der Waals surface area contributed by atoms with E-state index in [1.54, 1.807) is 24.3 Å². The Morgan fingerprint density at radius 3 is 2.12 bits per heavy atom. The van der Waals surface area contributed by atoms with Gasteiger partial charge in [0.25, 0.3) is 11.8 Å². The molecule has 2 amide bonds. The van der Waals surface area contributed by atoms with Gasteiger partial charge in [0.15, 0.2) is 11.5 Å². The first-order valence-corrected chi connectivity index (χ1v) is 9.70. The molecule has 3 aromatic rings. The molecule has 0 bridgehead atoms. The number of nitrogens with one attached hydrogen (secondary N) is 2. The Labute approximate surface area is 184 Å². The molecule has 0 aromatic heterocycles. The number of carbonyl (C=O) groups is 2. The molecule has 0 aliphatic rings. The summed E-state index contributed by atoms with van der Waals surface area (Å²) >= 11 is 0. The van der Waals surface area contributed by atoms with Crippen molar-refractivity contribution in [3.8, 4) is 11.5 Å². The average molecular weight is 435 g/mol. The molecule has 0 atom stereocenters. The maximum Gasteiger partial charge on any atom is 0.259 e. The molecule has 0 unspecified atom stereocenters. The number of carbonyl (C=O) groups excluding carboxylic acids is 2. The summed E-state index contributed by atoms with van der Waals surface area (Å²) in [6.07, 6.45) is 0. The number of rotatable bonds is 8. The molecule has 0 saturated carbocycles. The van der Waals surface area contributed by atoms with Gasteiger partial charge in [-0.3, -0.25) is 9.59 Å². The molecule has 8 heteroatoms. The van der Waals surface area contributed by atoms with Crippen molar-refractivity contribution in [2.75, 3.05) is 20.8 Å². The van der Waals surface area contributed by atoms with Gasteiger partial charge >= 0.3 is 0 Å². The van der Waals surface area contributed by atoms with E-state index in [4.69, 9.17) is 9.47 Å². The van der Waals surface area contributed by atoms with Crippen LogP contribution in [0.1, 0.15) is 21.5 Å². The van der Waals surface area contributed by atoms with Crippen molar-refractivity contribution in [1.29, 1.82) is 0 Å². The van der Waals surface area contributed by atoms with Crippen molar-refractivity contribution in [1.82, 2.24) is 10.7 Å². The maximum absolute atomic E-state index is 13.3. The predicted molar refractivity (Wildman–Crippen MR) is 119 cm³/mol. The van der Waals surface area contributed by atoms with Gasteiger partial charge in [-0.2, -0.15) is 5.10 Å². The van der Waals surface area contributed by atoms with Crippen LogP contribution in [0.2, 0.25) is 0 Å². The van der Waals surface area contributed by atoms with Gasteiger partial charge in [0.05, 0.1) is 26.5 Å². The average Bonchev–Trinajstić information content (AvgIpc) is 2.83. The summed E-state index contributed by atoms with van der Waals surface area (Å²) in [5.41, 5.74) is 4.59. The molecule has 3 rings (SSSR count). The van der Waals surface area contributed by atoms with Gasteiger partial charge in [0.1, 0.15) is 5.82 Å². The molecule has 0 spiro atoms. The molecular formula is C24H22FN3O4. The summed E-state index contributed by atoms with van der Waals surface area (Å²) < 4.78 is 23.6. The molecule has 0 heterocycles. The minimum absolute atomic E-state index is 0.290. The van der Waals surface area contributed by atoms with Crippen LogP contribution in [-0.2, 0) is 4.79 Å². The molecule has 0 fully saturated rings. The van der Waals surface area contributed by atoms with Crippen LogP contribution >= 0.6 is 0 Å². The number of benzene rings is 3.